The first-order chi connectivity index (χ1) is 11.6. The Bertz CT molecular complexity index is 720. The van der Waals surface area contributed by atoms with Crippen LogP contribution >= 0.6 is 0 Å². The maximum Gasteiger partial charge on any atom is 1.00 e. The van der Waals surface area contributed by atoms with E-state index in [0.717, 1.165) is 0 Å². The molecular weight excluding hydrogens is 331 g/mol. The Hall–Kier alpha value is -2.15. The summed E-state index contributed by atoms with van der Waals surface area (Å²) in [5, 5.41) is 23.5. The molecule has 2 aromatic carbocycles. The topological polar surface area (TPSA) is 102 Å². The van der Waals surface area contributed by atoms with Gasteiger partial charge in [-0.25, -0.2) is 4.79 Å². The largest absolute Gasteiger partial charge is 1.00 e. The van der Waals surface area contributed by atoms with Crippen LogP contribution in [0, 0.1) is 0 Å². The molecule has 6 nitrogen and oxygen atoms in total. The molecule has 7 heteroatoms. The maximum atomic E-state index is 12.0. The molecule has 2 N–H and O–H groups in total. The standard InChI is InChI=1S/C18H18N2O4.Na/c21-16(13-7-3-1-4-8-13)19-12-11-15(18(23)24)20-17(22)14-9-5-2-6-10-14;/h1-10,15H,11-12H2,(H,19,21)(H,20,22)(H,23,24);/q;+1/p-1/t15-;/m1./s1. The summed E-state index contributed by atoms with van der Waals surface area (Å²) < 4.78 is 0. The van der Waals surface area contributed by atoms with Crippen molar-refractivity contribution in [3.05, 3.63) is 71.8 Å². The molecule has 0 aromatic heterocycles. The summed E-state index contributed by atoms with van der Waals surface area (Å²) in [6, 6.07) is 15.7. The van der Waals surface area contributed by atoms with E-state index < -0.39 is 23.8 Å². The van der Waals surface area contributed by atoms with Crippen molar-refractivity contribution < 1.29 is 49.4 Å². The molecule has 0 spiro atoms. The molecule has 0 aliphatic rings. The second kappa shape index (κ2) is 10.7. The molecule has 0 unspecified atom stereocenters. The fourth-order valence-corrected chi connectivity index (χ4v) is 2.06. The molecule has 0 radical (unpaired) electrons. The van der Waals surface area contributed by atoms with Gasteiger partial charge >= 0.3 is 35.5 Å². The van der Waals surface area contributed by atoms with E-state index in [2.05, 4.69) is 10.3 Å². The third-order valence-corrected chi connectivity index (χ3v) is 3.33. The van der Waals surface area contributed by atoms with E-state index in [0.29, 0.717) is 11.1 Å². The zero-order valence-electron chi connectivity index (χ0n) is 13.9. The van der Waals surface area contributed by atoms with Crippen LogP contribution in [0.25, 0.3) is 0 Å². The second-order valence-corrected chi connectivity index (χ2v) is 5.07. The Balaban J connectivity index is 0.00000312. The van der Waals surface area contributed by atoms with Crippen molar-refractivity contribution >= 4 is 17.8 Å². The van der Waals surface area contributed by atoms with Crippen LogP contribution in [0.5, 0.6) is 0 Å². The number of benzene rings is 2. The summed E-state index contributed by atoms with van der Waals surface area (Å²) in [7, 11) is 0. The molecule has 2 aromatic rings. The van der Waals surface area contributed by atoms with Crippen molar-refractivity contribution in [1.82, 2.24) is 5.32 Å². The summed E-state index contributed by atoms with van der Waals surface area (Å²) in [4.78, 5) is 27.1. The van der Waals surface area contributed by atoms with Crippen molar-refractivity contribution in [3.63, 3.8) is 0 Å². The fourth-order valence-electron chi connectivity index (χ4n) is 2.06. The molecule has 25 heavy (non-hydrogen) atoms. The van der Waals surface area contributed by atoms with Crippen molar-refractivity contribution in [3.8, 4) is 0 Å². The minimum absolute atomic E-state index is 0. The molecule has 124 valence electrons. The molecule has 0 saturated carbocycles. The number of hydrogen-bond acceptors (Lipinski definition) is 4. The SMILES string of the molecule is O=C(N[C@H](CCN=C([O-])c1ccccc1)C(=O)O)c1ccccc1.[Na+]. The van der Waals surface area contributed by atoms with Gasteiger partial charge in [-0.3, -0.25) is 4.79 Å². The first kappa shape index (κ1) is 20.9. The Morgan fingerprint density at radius 1 is 1.00 bits per heavy atom. The average molecular weight is 348 g/mol. The first-order valence-corrected chi connectivity index (χ1v) is 7.43. The van der Waals surface area contributed by atoms with Gasteiger partial charge in [0.15, 0.2) is 0 Å². The molecule has 2 rings (SSSR count). The fraction of sp³-hybridized carbons (Fsp3) is 0.167. The van der Waals surface area contributed by atoms with Crippen LogP contribution in [0.4, 0.5) is 0 Å². The molecule has 0 bridgehead atoms. The predicted molar refractivity (Wildman–Crippen MR) is 87.8 cm³/mol. The number of carbonyl (C=O) groups excluding carboxylic acids is 1. The zero-order valence-corrected chi connectivity index (χ0v) is 15.9. The number of aliphatic imine (C=N–C) groups is 1. The quantitative estimate of drug-likeness (QED) is 0.346. The Morgan fingerprint density at radius 2 is 1.52 bits per heavy atom. The number of carbonyl (C=O) groups is 2. The average Bonchev–Trinajstić information content (AvgIpc) is 2.62. The smallest absolute Gasteiger partial charge is 0.858 e. The van der Waals surface area contributed by atoms with Crippen molar-refractivity contribution in [2.24, 2.45) is 4.99 Å². The number of hydrogen-bond donors (Lipinski definition) is 2. The van der Waals surface area contributed by atoms with Crippen LogP contribution in [-0.2, 0) is 4.79 Å². The molecule has 0 fully saturated rings. The van der Waals surface area contributed by atoms with Crippen LogP contribution in [0.1, 0.15) is 22.3 Å². The molecule has 1 amide bonds. The summed E-state index contributed by atoms with van der Waals surface area (Å²) >= 11 is 0. The van der Waals surface area contributed by atoms with Crippen LogP contribution in [-0.4, -0.2) is 35.5 Å². The third kappa shape index (κ3) is 6.70. The van der Waals surface area contributed by atoms with Gasteiger partial charge in [0, 0.05) is 12.1 Å². The van der Waals surface area contributed by atoms with E-state index in [4.69, 9.17) is 0 Å². The minimum atomic E-state index is -1.17. The number of carboxylic acid groups (broad SMARTS) is 1. The van der Waals surface area contributed by atoms with Crippen molar-refractivity contribution in [2.45, 2.75) is 12.5 Å². The monoisotopic (exact) mass is 348 g/mol. The normalized spacial score (nSPS) is 11.9. The van der Waals surface area contributed by atoms with Gasteiger partial charge in [-0.15, -0.1) is 0 Å². The van der Waals surface area contributed by atoms with E-state index in [-0.39, 0.29) is 42.5 Å². The zero-order chi connectivity index (χ0) is 17.4. The van der Waals surface area contributed by atoms with Gasteiger partial charge in [0.1, 0.15) is 6.04 Å². The minimum Gasteiger partial charge on any atom is -0.858 e. The van der Waals surface area contributed by atoms with E-state index in [1.165, 1.54) is 0 Å². The molecule has 1 atom stereocenters. The van der Waals surface area contributed by atoms with Crippen LogP contribution in [0.3, 0.4) is 0 Å². The molecule has 0 saturated heterocycles. The summed E-state index contributed by atoms with van der Waals surface area (Å²) in [6.07, 6.45) is 0.0342. The predicted octanol–water partition coefficient (Wildman–Crippen LogP) is -1.93. The van der Waals surface area contributed by atoms with Gasteiger partial charge in [-0.2, -0.15) is 0 Å². The van der Waals surface area contributed by atoms with E-state index in [9.17, 15) is 19.8 Å². The summed E-state index contributed by atoms with van der Waals surface area (Å²) in [5.74, 6) is -2.05. The van der Waals surface area contributed by atoms with Crippen LogP contribution < -0.4 is 40.0 Å². The van der Waals surface area contributed by atoms with E-state index in [1.807, 2.05) is 0 Å². The Morgan fingerprint density at radius 3 is 2.04 bits per heavy atom. The van der Waals surface area contributed by atoms with Gasteiger partial charge < -0.3 is 20.5 Å². The van der Waals surface area contributed by atoms with Gasteiger partial charge in [0.2, 0.25) is 0 Å². The first-order valence-electron chi connectivity index (χ1n) is 7.43. The number of aliphatic carboxylic acids is 1. The van der Waals surface area contributed by atoms with Gasteiger partial charge in [0.05, 0.1) is 0 Å². The number of nitrogens with zero attached hydrogens (tertiary/aromatic N) is 1. The Labute approximate surface area is 167 Å². The number of nitrogens with one attached hydrogen (secondary N) is 1. The number of rotatable bonds is 7. The summed E-state index contributed by atoms with van der Waals surface area (Å²) in [5.41, 5.74) is 0.818. The van der Waals surface area contributed by atoms with Gasteiger partial charge in [-0.05, 0) is 30.0 Å². The molecular formula is C18H17N2NaO4. The second-order valence-electron chi connectivity index (χ2n) is 5.07. The van der Waals surface area contributed by atoms with Gasteiger partial charge in [-0.1, -0.05) is 48.5 Å². The van der Waals surface area contributed by atoms with Crippen molar-refractivity contribution in [2.75, 3.05) is 6.54 Å². The maximum absolute atomic E-state index is 12.0. The van der Waals surface area contributed by atoms with Crippen LogP contribution in [0.2, 0.25) is 0 Å². The molecule has 0 aliphatic heterocycles. The number of carboxylic acids is 1. The van der Waals surface area contributed by atoms with Gasteiger partial charge in [0.25, 0.3) is 5.91 Å². The van der Waals surface area contributed by atoms with Crippen LogP contribution in [0.15, 0.2) is 65.7 Å². The molecule has 0 aliphatic carbocycles. The third-order valence-electron chi connectivity index (χ3n) is 3.33. The van der Waals surface area contributed by atoms with E-state index in [1.54, 1.807) is 60.7 Å². The molecule has 0 heterocycles. The van der Waals surface area contributed by atoms with E-state index >= 15 is 0 Å². The summed E-state index contributed by atoms with van der Waals surface area (Å²) in [6.45, 7) is 0.0137. The Kier molecular flexibility index (Phi) is 8.91. The number of amides is 1. The van der Waals surface area contributed by atoms with Crippen molar-refractivity contribution in [1.29, 1.82) is 0 Å².